The van der Waals surface area contributed by atoms with Crippen LogP contribution >= 0.6 is 0 Å². The van der Waals surface area contributed by atoms with Gasteiger partial charge >= 0.3 is 11.9 Å². The van der Waals surface area contributed by atoms with Crippen LogP contribution in [0, 0.1) is 11.8 Å². The Morgan fingerprint density at radius 1 is 0.451 bits per heavy atom. The number of allylic oxidation sites excluding steroid dienone is 4. The molecule has 0 heterocycles. The second kappa shape index (κ2) is 41.1. The molecule has 0 aromatic carbocycles. The number of ether oxygens (including phenoxy) is 3. The lowest BCUT2D eigenvalue weighted by atomic mass is 9.91. The van der Waals surface area contributed by atoms with Crippen LogP contribution in [0.5, 0.6) is 0 Å². The van der Waals surface area contributed by atoms with Gasteiger partial charge in [-0.15, -0.1) is 0 Å². The predicted octanol–water partition coefficient (Wildman–Crippen LogP) is 14.2. The molecule has 0 radical (unpaired) electrons. The summed E-state index contributed by atoms with van der Waals surface area (Å²) in [5, 5.41) is 0. The number of hydrogen-bond acceptors (Lipinski definition) is 5. The van der Waals surface area contributed by atoms with Gasteiger partial charge in [0.15, 0.2) is 0 Å². The molecule has 300 valence electrons. The molecule has 0 aliphatic carbocycles. The van der Waals surface area contributed by atoms with Gasteiger partial charge in [0.1, 0.15) is 0 Å². The molecule has 0 bridgehead atoms. The van der Waals surface area contributed by atoms with E-state index >= 15 is 0 Å². The van der Waals surface area contributed by atoms with Gasteiger partial charge in [-0.1, -0.05) is 161 Å². The quantitative estimate of drug-likeness (QED) is 0.0358. The molecule has 0 N–H and O–H groups in total. The molecule has 0 aromatic heterocycles. The van der Waals surface area contributed by atoms with Crippen LogP contribution in [0.2, 0.25) is 0 Å². The number of esters is 2. The van der Waals surface area contributed by atoms with Crippen LogP contribution < -0.4 is 0 Å². The van der Waals surface area contributed by atoms with Crippen molar-refractivity contribution in [3.05, 3.63) is 24.3 Å². The highest BCUT2D eigenvalue weighted by Gasteiger charge is 2.18. The lowest BCUT2D eigenvalue weighted by molar-refractivity contribution is -0.150. The van der Waals surface area contributed by atoms with Gasteiger partial charge in [0, 0.05) is 32.0 Å². The van der Waals surface area contributed by atoms with E-state index in [9.17, 15) is 9.59 Å². The van der Waals surface area contributed by atoms with Crippen LogP contribution in [0.1, 0.15) is 220 Å². The topological polar surface area (TPSA) is 61.8 Å². The lowest BCUT2D eigenvalue weighted by Gasteiger charge is -2.20. The van der Waals surface area contributed by atoms with Crippen LogP contribution in [0.3, 0.4) is 0 Å². The fourth-order valence-corrected chi connectivity index (χ4v) is 6.49. The molecule has 5 heteroatoms. The summed E-state index contributed by atoms with van der Waals surface area (Å²) >= 11 is 0. The third-order valence-electron chi connectivity index (χ3n) is 9.97. The minimum Gasteiger partial charge on any atom is -0.465 e. The Bertz CT molecular complexity index is 791. The maximum atomic E-state index is 13.0. The van der Waals surface area contributed by atoms with E-state index in [1.807, 2.05) is 0 Å². The second-order valence-electron chi connectivity index (χ2n) is 15.2. The van der Waals surface area contributed by atoms with E-state index < -0.39 is 0 Å². The van der Waals surface area contributed by atoms with Crippen molar-refractivity contribution in [2.24, 2.45) is 11.8 Å². The highest BCUT2D eigenvalue weighted by Crippen LogP contribution is 2.23. The lowest BCUT2D eigenvalue weighted by Crippen LogP contribution is -2.22. The van der Waals surface area contributed by atoms with Crippen LogP contribution in [-0.4, -0.2) is 38.4 Å². The minimum absolute atomic E-state index is 0.0414. The Morgan fingerprint density at radius 2 is 0.902 bits per heavy atom. The molecule has 0 saturated heterocycles. The standard InChI is InChI=1S/C46H86O5/c1-5-9-13-16-18-19-20-21-22-23-24-25-26-28-31-37-45(47)50-41-44(36-32-33-39-49-38-12-8-4)42-51-46(48)40-43(34-29-15-11-7-3)35-30-27-17-14-10-6-2/h18-19,21-22,43-44H,5-17,20,23-42H2,1-4H3/b19-18-,22-21-. The molecule has 0 aliphatic heterocycles. The average molecular weight is 719 g/mol. The molecule has 2 atom stereocenters. The van der Waals surface area contributed by atoms with Crippen molar-refractivity contribution in [2.45, 2.75) is 220 Å². The largest absolute Gasteiger partial charge is 0.465 e. The predicted molar refractivity (Wildman–Crippen MR) is 219 cm³/mol. The number of carbonyl (C=O) groups is 2. The maximum Gasteiger partial charge on any atom is 0.306 e. The first kappa shape index (κ1) is 49.4. The fourth-order valence-electron chi connectivity index (χ4n) is 6.49. The van der Waals surface area contributed by atoms with Crippen molar-refractivity contribution in [1.82, 2.24) is 0 Å². The first-order chi connectivity index (χ1) is 25.1. The Morgan fingerprint density at radius 3 is 1.55 bits per heavy atom. The first-order valence-electron chi connectivity index (χ1n) is 22.3. The molecule has 0 spiro atoms. The summed E-state index contributed by atoms with van der Waals surface area (Å²) in [4.78, 5) is 25.7. The smallest absolute Gasteiger partial charge is 0.306 e. The Labute approximate surface area is 317 Å². The minimum atomic E-state index is -0.119. The van der Waals surface area contributed by atoms with Gasteiger partial charge in [0.05, 0.1) is 13.2 Å². The summed E-state index contributed by atoms with van der Waals surface area (Å²) in [7, 11) is 0. The fraction of sp³-hybridized carbons (Fsp3) is 0.870. The number of rotatable bonds is 40. The van der Waals surface area contributed by atoms with Gasteiger partial charge in [-0.05, 0) is 76.5 Å². The number of hydrogen-bond donors (Lipinski definition) is 0. The zero-order valence-electron chi connectivity index (χ0n) is 34.5. The van der Waals surface area contributed by atoms with E-state index in [2.05, 4.69) is 52.0 Å². The van der Waals surface area contributed by atoms with Crippen LogP contribution in [0.15, 0.2) is 24.3 Å². The molecule has 0 rings (SSSR count). The van der Waals surface area contributed by atoms with E-state index in [4.69, 9.17) is 14.2 Å². The summed E-state index contributed by atoms with van der Waals surface area (Å²) in [6, 6.07) is 0. The van der Waals surface area contributed by atoms with Gasteiger partial charge in [-0.2, -0.15) is 0 Å². The summed E-state index contributed by atoms with van der Waals surface area (Å²) in [5.74, 6) is 0.261. The Kier molecular flexibility index (Phi) is 39.8. The van der Waals surface area contributed by atoms with Gasteiger partial charge < -0.3 is 14.2 Å². The van der Waals surface area contributed by atoms with Crippen molar-refractivity contribution < 1.29 is 23.8 Å². The molecular weight excluding hydrogens is 633 g/mol. The number of unbranched alkanes of at least 4 members (excludes halogenated alkanes) is 18. The van der Waals surface area contributed by atoms with Gasteiger partial charge in [-0.3, -0.25) is 9.59 Å². The summed E-state index contributed by atoms with van der Waals surface area (Å²) in [6.45, 7) is 11.2. The van der Waals surface area contributed by atoms with Crippen molar-refractivity contribution >= 4 is 11.9 Å². The summed E-state index contributed by atoms with van der Waals surface area (Å²) in [6.07, 6.45) is 43.0. The van der Waals surface area contributed by atoms with Crippen LogP contribution in [-0.2, 0) is 23.8 Å². The van der Waals surface area contributed by atoms with Gasteiger partial charge in [0.2, 0.25) is 0 Å². The van der Waals surface area contributed by atoms with Crippen molar-refractivity contribution in [3.8, 4) is 0 Å². The van der Waals surface area contributed by atoms with Crippen molar-refractivity contribution in [2.75, 3.05) is 26.4 Å². The van der Waals surface area contributed by atoms with E-state index in [1.165, 1.54) is 103 Å². The van der Waals surface area contributed by atoms with Gasteiger partial charge in [-0.25, -0.2) is 0 Å². The molecule has 0 aliphatic rings. The van der Waals surface area contributed by atoms with E-state index in [-0.39, 0.29) is 17.9 Å². The Hall–Kier alpha value is -1.62. The van der Waals surface area contributed by atoms with E-state index in [0.29, 0.717) is 32.0 Å². The monoisotopic (exact) mass is 719 g/mol. The third-order valence-corrected chi connectivity index (χ3v) is 9.97. The third kappa shape index (κ3) is 37.9. The SMILES string of the molecule is CCCCC/C=C\C/C=C\CCCCCCCC(=O)OCC(CCCCOCCCC)COC(=O)CC(CCCCCC)CCCCCCCC. The van der Waals surface area contributed by atoms with Crippen LogP contribution in [0.25, 0.3) is 0 Å². The average Bonchev–Trinajstić information content (AvgIpc) is 3.13. The molecule has 5 nitrogen and oxygen atoms in total. The molecule has 0 amide bonds. The highest BCUT2D eigenvalue weighted by molar-refractivity contribution is 5.70. The normalized spacial score (nSPS) is 12.9. The van der Waals surface area contributed by atoms with E-state index in [1.54, 1.807) is 0 Å². The first-order valence-corrected chi connectivity index (χ1v) is 22.3. The summed E-state index contributed by atoms with van der Waals surface area (Å²) < 4.78 is 17.4. The van der Waals surface area contributed by atoms with E-state index in [0.717, 1.165) is 90.3 Å². The van der Waals surface area contributed by atoms with Crippen LogP contribution in [0.4, 0.5) is 0 Å². The van der Waals surface area contributed by atoms with Gasteiger partial charge in [0.25, 0.3) is 0 Å². The molecule has 51 heavy (non-hydrogen) atoms. The molecular formula is C46H86O5. The number of carbonyl (C=O) groups excluding carboxylic acids is 2. The van der Waals surface area contributed by atoms with Crippen molar-refractivity contribution in [3.63, 3.8) is 0 Å². The van der Waals surface area contributed by atoms with Crippen molar-refractivity contribution in [1.29, 1.82) is 0 Å². The zero-order chi connectivity index (χ0) is 37.3. The summed E-state index contributed by atoms with van der Waals surface area (Å²) in [5.41, 5.74) is 0. The molecule has 2 unspecified atom stereocenters. The molecule has 0 aromatic rings. The maximum absolute atomic E-state index is 13.0. The highest BCUT2D eigenvalue weighted by atomic mass is 16.5. The second-order valence-corrected chi connectivity index (χ2v) is 15.2. The molecule has 0 fully saturated rings. The zero-order valence-corrected chi connectivity index (χ0v) is 34.5. The molecule has 0 saturated carbocycles. The Balaban J connectivity index is 4.53.